The number of aliphatic hydroxyl groups is 1. The summed E-state index contributed by atoms with van der Waals surface area (Å²) in [5.74, 6) is 1.63. The molecule has 146 valence electrons. The van der Waals surface area contributed by atoms with Crippen LogP contribution in [0.5, 0.6) is 0 Å². The lowest BCUT2D eigenvalue weighted by molar-refractivity contribution is -0.173. The molecule has 3 atom stereocenters. The van der Waals surface area contributed by atoms with Crippen molar-refractivity contribution in [3.63, 3.8) is 0 Å². The van der Waals surface area contributed by atoms with E-state index in [2.05, 4.69) is 12.2 Å². The van der Waals surface area contributed by atoms with E-state index in [1.807, 2.05) is 4.90 Å². The Balaban J connectivity index is 1.27. The van der Waals surface area contributed by atoms with Gasteiger partial charge in [0.05, 0.1) is 5.60 Å². The van der Waals surface area contributed by atoms with E-state index in [9.17, 15) is 14.7 Å². The summed E-state index contributed by atoms with van der Waals surface area (Å²) in [6, 6.07) is 0.129. The van der Waals surface area contributed by atoms with Gasteiger partial charge in [-0.3, -0.25) is 9.59 Å². The minimum absolute atomic E-state index is 0.0946. The molecule has 2 amide bonds. The Hall–Kier alpha value is -1.10. The molecule has 0 radical (unpaired) electrons. The zero-order valence-electron chi connectivity index (χ0n) is 16.1. The van der Waals surface area contributed by atoms with Gasteiger partial charge < -0.3 is 15.3 Å². The first-order valence-electron chi connectivity index (χ1n) is 10.7. The summed E-state index contributed by atoms with van der Waals surface area (Å²) >= 11 is 0. The molecule has 0 spiro atoms. The Bertz CT molecular complexity index is 562. The fraction of sp³-hybridized carbons (Fsp3) is 0.905. The number of nitrogens with one attached hydrogen (secondary N) is 1. The molecule has 4 aliphatic carbocycles. The Morgan fingerprint density at radius 2 is 2.00 bits per heavy atom. The van der Waals surface area contributed by atoms with Crippen molar-refractivity contribution < 1.29 is 14.7 Å². The van der Waals surface area contributed by atoms with E-state index in [1.54, 1.807) is 0 Å². The Kier molecular flexibility index (Phi) is 4.79. The molecule has 4 bridgehead atoms. The average molecular weight is 363 g/mol. The third-order valence-corrected chi connectivity index (χ3v) is 7.62. The van der Waals surface area contributed by atoms with Gasteiger partial charge in [0.1, 0.15) is 0 Å². The normalized spacial score (nSPS) is 39.9. The average Bonchev–Trinajstić information content (AvgIpc) is 2.54. The van der Waals surface area contributed by atoms with Crippen molar-refractivity contribution in [1.82, 2.24) is 10.2 Å². The molecule has 1 saturated heterocycles. The molecular formula is C21H34N2O3. The molecule has 0 aromatic heterocycles. The third-order valence-electron chi connectivity index (χ3n) is 7.62. The number of hydrogen-bond acceptors (Lipinski definition) is 3. The smallest absolute Gasteiger partial charge is 0.222 e. The summed E-state index contributed by atoms with van der Waals surface area (Å²) in [5.41, 5.74) is -0.380. The molecule has 26 heavy (non-hydrogen) atoms. The van der Waals surface area contributed by atoms with Crippen LogP contribution in [-0.4, -0.2) is 46.6 Å². The molecule has 1 aliphatic heterocycles. The Labute approximate surface area is 156 Å². The second-order valence-electron chi connectivity index (χ2n) is 9.78. The van der Waals surface area contributed by atoms with Crippen molar-refractivity contribution in [2.75, 3.05) is 13.1 Å². The van der Waals surface area contributed by atoms with Crippen LogP contribution in [0.1, 0.15) is 77.6 Å². The molecule has 5 fully saturated rings. The van der Waals surface area contributed by atoms with Gasteiger partial charge in [0, 0.05) is 32.0 Å². The molecule has 5 heteroatoms. The van der Waals surface area contributed by atoms with E-state index in [4.69, 9.17) is 0 Å². The number of nitrogens with zero attached hydrogens (tertiary/aromatic N) is 1. The highest BCUT2D eigenvalue weighted by Crippen LogP contribution is 2.62. The van der Waals surface area contributed by atoms with Crippen molar-refractivity contribution in [3.05, 3.63) is 0 Å². The van der Waals surface area contributed by atoms with E-state index in [0.717, 1.165) is 57.9 Å². The van der Waals surface area contributed by atoms with E-state index in [0.29, 0.717) is 31.2 Å². The lowest BCUT2D eigenvalue weighted by Crippen LogP contribution is -2.61. The summed E-state index contributed by atoms with van der Waals surface area (Å²) in [5, 5.41) is 14.2. The monoisotopic (exact) mass is 362 g/mol. The van der Waals surface area contributed by atoms with Gasteiger partial charge in [0.2, 0.25) is 11.8 Å². The number of carbonyl (C=O) groups excluding carboxylic acids is 2. The van der Waals surface area contributed by atoms with Crippen molar-refractivity contribution in [2.24, 2.45) is 17.3 Å². The molecular weight excluding hydrogens is 328 g/mol. The van der Waals surface area contributed by atoms with Gasteiger partial charge in [-0.05, 0) is 82.0 Å². The summed E-state index contributed by atoms with van der Waals surface area (Å²) in [6.07, 6.45) is 10.4. The molecule has 5 nitrogen and oxygen atoms in total. The van der Waals surface area contributed by atoms with E-state index in [1.165, 1.54) is 6.42 Å². The number of hydrogen-bond donors (Lipinski definition) is 2. The highest BCUT2D eigenvalue weighted by Gasteiger charge is 2.58. The second kappa shape index (κ2) is 6.81. The van der Waals surface area contributed by atoms with Crippen LogP contribution >= 0.6 is 0 Å². The van der Waals surface area contributed by atoms with Gasteiger partial charge in [-0.1, -0.05) is 0 Å². The topological polar surface area (TPSA) is 69.6 Å². The fourth-order valence-corrected chi connectivity index (χ4v) is 6.79. The van der Waals surface area contributed by atoms with Gasteiger partial charge in [-0.2, -0.15) is 0 Å². The zero-order chi connectivity index (χ0) is 18.4. The SMILES string of the molecule is CC(NC(=O)CCCN1CCCCC1=O)C12CC3CC(CC(O)(C3)C1)C2. The van der Waals surface area contributed by atoms with Crippen molar-refractivity contribution in [1.29, 1.82) is 0 Å². The minimum Gasteiger partial charge on any atom is -0.390 e. The van der Waals surface area contributed by atoms with Crippen molar-refractivity contribution in [3.8, 4) is 0 Å². The summed E-state index contributed by atoms with van der Waals surface area (Å²) in [4.78, 5) is 26.2. The predicted octanol–water partition coefficient (Wildman–Crippen LogP) is 2.62. The van der Waals surface area contributed by atoms with Crippen LogP contribution < -0.4 is 5.32 Å². The molecule has 2 N–H and O–H groups in total. The lowest BCUT2D eigenvalue weighted by Gasteiger charge is -2.62. The van der Waals surface area contributed by atoms with Gasteiger partial charge in [-0.15, -0.1) is 0 Å². The van der Waals surface area contributed by atoms with Gasteiger partial charge in [0.25, 0.3) is 0 Å². The van der Waals surface area contributed by atoms with Crippen LogP contribution in [0.4, 0.5) is 0 Å². The fourth-order valence-electron chi connectivity index (χ4n) is 6.79. The maximum absolute atomic E-state index is 12.5. The summed E-state index contributed by atoms with van der Waals surface area (Å²) in [7, 11) is 0. The first-order valence-corrected chi connectivity index (χ1v) is 10.7. The summed E-state index contributed by atoms with van der Waals surface area (Å²) in [6.45, 7) is 3.69. The Morgan fingerprint density at radius 3 is 2.65 bits per heavy atom. The standard InChI is InChI=1S/C21H34N2O3/c1-15(20-10-16-9-17(11-20)13-21(26,12-16)14-20)22-18(24)5-4-8-23-7-3-2-6-19(23)25/h15-17,26H,2-14H2,1H3,(H,22,24). The molecule has 0 aromatic rings. The molecule has 4 saturated carbocycles. The Morgan fingerprint density at radius 1 is 1.27 bits per heavy atom. The van der Waals surface area contributed by atoms with E-state index < -0.39 is 5.60 Å². The van der Waals surface area contributed by atoms with Crippen LogP contribution in [0.25, 0.3) is 0 Å². The van der Waals surface area contributed by atoms with Crippen molar-refractivity contribution >= 4 is 11.8 Å². The van der Waals surface area contributed by atoms with Crippen LogP contribution in [0.2, 0.25) is 0 Å². The highest BCUT2D eigenvalue weighted by atomic mass is 16.3. The van der Waals surface area contributed by atoms with E-state index in [-0.39, 0.29) is 23.3 Å². The first-order chi connectivity index (χ1) is 12.4. The van der Waals surface area contributed by atoms with Crippen LogP contribution in [0, 0.1) is 17.3 Å². The summed E-state index contributed by atoms with van der Waals surface area (Å²) < 4.78 is 0. The van der Waals surface area contributed by atoms with Gasteiger partial charge in [-0.25, -0.2) is 0 Å². The predicted molar refractivity (Wildman–Crippen MR) is 99.3 cm³/mol. The van der Waals surface area contributed by atoms with Gasteiger partial charge >= 0.3 is 0 Å². The van der Waals surface area contributed by atoms with Crippen LogP contribution in [0.15, 0.2) is 0 Å². The van der Waals surface area contributed by atoms with Crippen molar-refractivity contribution in [2.45, 2.75) is 89.2 Å². The molecule has 1 heterocycles. The van der Waals surface area contributed by atoms with Crippen LogP contribution in [0.3, 0.4) is 0 Å². The largest absolute Gasteiger partial charge is 0.390 e. The number of amides is 2. The number of likely N-dealkylation sites (tertiary alicyclic amines) is 1. The number of carbonyl (C=O) groups is 2. The molecule has 5 rings (SSSR count). The zero-order valence-corrected chi connectivity index (χ0v) is 16.1. The maximum atomic E-state index is 12.5. The highest BCUT2D eigenvalue weighted by molar-refractivity contribution is 5.77. The second-order valence-corrected chi connectivity index (χ2v) is 9.78. The van der Waals surface area contributed by atoms with E-state index >= 15 is 0 Å². The first kappa shape index (κ1) is 18.3. The number of piperidine rings is 1. The lowest BCUT2D eigenvalue weighted by atomic mass is 9.46. The molecule has 5 aliphatic rings. The minimum atomic E-state index is -0.475. The third kappa shape index (κ3) is 3.51. The van der Waals surface area contributed by atoms with Crippen LogP contribution in [-0.2, 0) is 9.59 Å². The van der Waals surface area contributed by atoms with Gasteiger partial charge in [0.15, 0.2) is 0 Å². The molecule has 0 aromatic carbocycles. The molecule has 3 unspecified atom stereocenters. The quantitative estimate of drug-likeness (QED) is 0.763. The maximum Gasteiger partial charge on any atom is 0.222 e. The number of rotatable bonds is 6.